The fourth-order valence-electron chi connectivity index (χ4n) is 4.78. The minimum absolute atomic E-state index is 0.219. The van der Waals surface area contributed by atoms with E-state index in [0.29, 0.717) is 10.4 Å². The zero-order valence-corrected chi connectivity index (χ0v) is 18.9. The second kappa shape index (κ2) is 8.24. The van der Waals surface area contributed by atoms with Gasteiger partial charge in [0.25, 0.3) is 0 Å². The van der Waals surface area contributed by atoms with Gasteiger partial charge in [-0.3, -0.25) is 9.69 Å². The highest BCUT2D eigenvalue weighted by atomic mass is 35.5. The maximum Gasteiger partial charge on any atom is 0.232 e. The van der Waals surface area contributed by atoms with E-state index in [-0.39, 0.29) is 5.91 Å². The number of methoxy groups -OCH3 is 1. The standard InChI is InChI=1S/C25H31ClN2O2/c1-24(2,20-6-8-21(26)9-7-20)23(29)28-17-25(18-28)12-14-27(15-13-25)16-19-4-10-22(30-3)11-5-19/h4-11H,12-18H2,1-3H3. The van der Waals surface area contributed by atoms with Crippen LogP contribution in [0, 0.1) is 5.41 Å². The third-order valence-electron chi connectivity index (χ3n) is 6.92. The molecule has 2 heterocycles. The number of carbonyl (C=O) groups is 1. The molecule has 0 aromatic heterocycles. The first-order valence-corrected chi connectivity index (χ1v) is 11.1. The van der Waals surface area contributed by atoms with Crippen LogP contribution in [0.3, 0.4) is 0 Å². The first kappa shape index (κ1) is 21.2. The molecule has 4 rings (SSSR count). The molecular formula is C25H31ClN2O2. The van der Waals surface area contributed by atoms with Gasteiger partial charge in [0.15, 0.2) is 0 Å². The van der Waals surface area contributed by atoms with Crippen LogP contribution < -0.4 is 4.74 Å². The van der Waals surface area contributed by atoms with Gasteiger partial charge >= 0.3 is 0 Å². The summed E-state index contributed by atoms with van der Waals surface area (Å²) >= 11 is 6.01. The lowest BCUT2D eigenvalue weighted by Crippen LogP contribution is -2.64. The molecule has 2 aromatic carbocycles. The number of hydrogen-bond donors (Lipinski definition) is 0. The normalized spacial score (nSPS) is 18.9. The Labute approximate surface area is 184 Å². The molecule has 1 amide bonds. The summed E-state index contributed by atoms with van der Waals surface area (Å²) in [5, 5.41) is 0.700. The quantitative estimate of drug-likeness (QED) is 0.691. The summed E-state index contributed by atoms with van der Waals surface area (Å²) in [6, 6.07) is 16.0. The largest absolute Gasteiger partial charge is 0.497 e. The molecule has 2 fully saturated rings. The van der Waals surface area contributed by atoms with Crippen molar-refractivity contribution in [1.29, 1.82) is 0 Å². The van der Waals surface area contributed by atoms with Gasteiger partial charge in [-0.2, -0.15) is 0 Å². The van der Waals surface area contributed by atoms with E-state index in [9.17, 15) is 4.79 Å². The first-order valence-electron chi connectivity index (χ1n) is 10.7. The van der Waals surface area contributed by atoms with Gasteiger partial charge in [-0.25, -0.2) is 0 Å². The number of ether oxygens (including phenoxy) is 1. The molecule has 0 aliphatic carbocycles. The molecule has 30 heavy (non-hydrogen) atoms. The third kappa shape index (κ3) is 4.21. The van der Waals surface area contributed by atoms with Crippen molar-refractivity contribution in [2.24, 2.45) is 5.41 Å². The maximum atomic E-state index is 13.2. The van der Waals surface area contributed by atoms with E-state index in [2.05, 4.69) is 17.0 Å². The summed E-state index contributed by atoms with van der Waals surface area (Å²) in [5.41, 5.74) is 2.12. The van der Waals surface area contributed by atoms with Crippen molar-refractivity contribution in [2.45, 2.75) is 38.6 Å². The molecule has 0 saturated carbocycles. The van der Waals surface area contributed by atoms with Crippen LogP contribution >= 0.6 is 11.6 Å². The van der Waals surface area contributed by atoms with Crippen LogP contribution in [0.5, 0.6) is 5.75 Å². The molecular weight excluding hydrogens is 396 g/mol. The topological polar surface area (TPSA) is 32.8 Å². The molecule has 0 radical (unpaired) electrons. The molecule has 0 N–H and O–H groups in total. The number of piperidine rings is 1. The van der Waals surface area contributed by atoms with Gasteiger partial charge in [-0.1, -0.05) is 35.9 Å². The van der Waals surface area contributed by atoms with Crippen molar-refractivity contribution >= 4 is 17.5 Å². The van der Waals surface area contributed by atoms with E-state index < -0.39 is 5.41 Å². The second-order valence-corrected chi connectivity index (χ2v) is 9.85. The number of likely N-dealkylation sites (tertiary alicyclic amines) is 2. The summed E-state index contributed by atoms with van der Waals surface area (Å²) in [6.07, 6.45) is 2.32. The maximum absolute atomic E-state index is 13.2. The molecule has 4 nitrogen and oxygen atoms in total. The molecule has 1 spiro atoms. The average molecular weight is 427 g/mol. The Bertz CT molecular complexity index is 876. The highest BCUT2D eigenvalue weighted by Crippen LogP contribution is 2.42. The Hall–Kier alpha value is -2.04. The van der Waals surface area contributed by atoms with Crippen molar-refractivity contribution in [1.82, 2.24) is 9.80 Å². The predicted molar refractivity (Wildman–Crippen MR) is 121 cm³/mol. The van der Waals surface area contributed by atoms with Crippen molar-refractivity contribution in [2.75, 3.05) is 33.3 Å². The molecule has 2 aliphatic heterocycles. The second-order valence-electron chi connectivity index (χ2n) is 9.42. The van der Waals surface area contributed by atoms with E-state index in [1.165, 1.54) is 5.56 Å². The molecule has 2 aliphatic rings. The summed E-state index contributed by atoms with van der Waals surface area (Å²) < 4.78 is 5.24. The van der Waals surface area contributed by atoms with Crippen molar-refractivity contribution in [3.05, 3.63) is 64.7 Å². The first-order chi connectivity index (χ1) is 14.3. The van der Waals surface area contributed by atoms with Crippen LogP contribution in [-0.4, -0.2) is 49.0 Å². The summed E-state index contributed by atoms with van der Waals surface area (Å²) in [4.78, 5) is 17.8. The molecule has 5 heteroatoms. The predicted octanol–water partition coefficient (Wildman–Crippen LogP) is 4.75. The Morgan fingerprint density at radius 3 is 2.20 bits per heavy atom. The van der Waals surface area contributed by atoms with Gasteiger partial charge in [0.05, 0.1) is 12.5 Å². The minimum atomic E-state index is -0.527. The lowest BCUT2D eigenvalue weighted by Gasteiger charge is -2.55. The molecule has 0 bridgehead atoms. The summed E-state index contributed by atoms with van der Waals surface area (Å²) in [5.74, 6) is 1.12. The third-order valence-corrected chi connectivity index (χ3v) is 7.17. The van der Waals surface area contributed by atoms with Crippen LogP contribution in [0.1, 0.15) is 37.8 Å². The van der Waals surface area contributed by atoms with E-state index in [4.69, 9.17) is 16.3 Å². The van der Waals surface area contributed by atoms with E-state index in [1.807, 2.05) is 55.1 Å². The van der Waals surface area contributed by atoms with Crippen LogP contribution in [-0.2, 0) is 16.8 Å². The number of hydrogen-bond acceptors (Lipinski definition) is 3. The fraction of sp³-hybridized carbons (Fsp3) is 0.480. The molecule has 160 valence electrons. The SMILES string of the molecule is COc1ccc(CN2CCC3(CC2)CN(C(=O)C(C)(C)c2ccc(Cl)cc2)C3)cc1. The van der Waals surface area contributed by atoms with Crippen LogP contribution in [0.25, 0.3) is 0 Å². The smallest absolute Gasteiger partial charge is 0.232 e. The van der Waals surface area contributed by atoms with E-state index >= 15 is 0 Å². The van der Waals surface area contributed by atoms with Gasteiger partial charge in [-0.05, 0) is 75.2 Å². The Kier molecular flexibility index (Phi) is 5.82. The monoisotopic (exact) mass is 426 g/mol. The van der Waals surface area contributed by atoms with Crippen molar-refractivity contribution < 1.29 is 9.53 Å². The Morgan fingerprint density at radius 2 is 1.63 bits per heavy atom. The van der Waals surface area contributed by atoms with Gasteiger partial charge in [0, 0.05) is 30.1 Å². The number of amides is 1. The zero-order valence-electron chi connectivity index (χ0n) is 18.2. The number of nitrogens with zero attached hydrogens (tertiary/aromatic N) is 2. The van der Waals surface area contributed by atoms with Gasteiger partial charge in [-0.15, -0.1) is 0 Å². The molecule has 0 unspecified atom stereocenters. The molecule has 2 aromatic rings. The Balaban J connectivity index is 1.29. The van der Waals surface area contributed by atoms with E-state index in [0.717, 1.165) is 56.9 Å². The number of halogens is 1. The van der Waals surface area contributed by atoms with Crippen LogP contribution in [0.4, 0.5) is 0 Å². The number of carbonyl (C=O) groups excluding carboxylic acids is 1. The average Bonchev–Trinajstić information content (AvgIpc) is 2.73. The van der Waals surface area contributed by atoms with Gasteiger partial charge < -0.3 is 9.64 Å². The summed E-state index contributed by atoms with van der Waals surface area (Å²) in [7, 11) is 1.70. The lowest BCUT2D eigenvalue weighted by molar-refractivity contribution is -0.152. The highest BCUT2D eigenvalue weighted by Gasteiger charge is 2.49. The molecule has 0 atom stereocenters. The van der Waals surface area contributed by atoms with E-state index in [1.54, 1.807) is 7.11 Å². The fourth-order valence-corrected chi connectivity index (χ4v) is 4.91. The van der Waals surface area contributed by atoms with Crippen molar-refractivity contribution in [3.63, 3.8) is 0 Å². The van der Waals surface area contributed by atoms with Crippen molar-refractivity contribution in [3.8, 4) is 5.75 Å². The highest BCUT2D eigenvalue weighted by molar-refractivity contribution is 6.30. The lowest BCUT2D eigenvalue weighted by atomic mass is 9.70. The Morgan fingerprint density at radius 1 is 1.03 bits per heavy atom. The minimum Gasteiger partial charge on any atom is -0.497 e. The van der Waals surface area contributed by atoms with Gasteiger partial charge in [0.2, 0.25) is 5.91 Å². The number of rotatable bonds is 5. The molecule has 2 saturated heterocycles. The number of benzene rings is 2. The summed E-state index contributed by atoms with van der Waals surface area (Å²) in [6.45, 7) is 8.97. The van der Waals surface area contributed by atoms with Crippen LogP contribution in [0.15, 0.2) is 48.5 Å². The zero-order chi connectivity index (χ0) is 21.4. The van der Waals surface area contributed by atoms with Crippen LogP contribution in [0.2, 0.25) is 5.02 Å². The van der Waals surface area contributed by atoms with Gasteiger partial charge in [0.1, 0.15) is 5.75 Å².